The molecule has 0 bridgehead atoms. The van der Waals surface area contributed by atoms with Gasteiger partial charge in [0.1, 0.15) is 0 Å². The number of rotatable bonds is 0. The molecule has 0 atom stereocenters. The number of hydrogen-bond donors (Lipinski definition) is 1. The molecule has 0 fully saturated rings. The van der Waals surface area contributed by atoms with Crippen molar-refractivity contribution in [3.05, 3.63) is 23.3 Å². The molecule has 1 aliphatic carbocycles. The van der Waals surface area contributed by atoms with Crippen LogP contribution in [0.2, 0.25) is 0 Å². The minimum absolute atomic E-state index is 0.00849. The third kappa shape index (κ3) is 1.12. The summed E-state index contributed by atoms with van der Waals surface area (Å²) >= 11 is 0. The highest BCUT2D eigenvalue weighted by Gasteiger charge is 2.33. The molecule has 2 aliphatic rings. The first kappa shape index (κ1) is 8.89. The van der Waals surface area contributed by atoms with Gasteiger partial charge in [-0.3, -0.25) is 14.9 Å². The number of nitrogens with one attached hydrogen (secondary N) is 1. The Morgan fingerprint density at radius 3 is 2.57 bits per heavy atom. The van der Waals surface area contributed by atoms with E-state index in [0.29, 0.717) is 0 Å². The van der Waals surface area contributed by atoms with Crippen molar-refractivity contribution in [1.29, 1.82) is 0 Å². The molecule has 0 aromatic carbocycles. The van der Waals surface area contributed by atoms with Crippen molar-refractivity contribution in [2.24, 2.45) is 0 Å². The van der Waals surface area contributed by atoms with Gasteiger partial charge in [-0.2, -0.15) is 8.42 Å². The zero-order chi connectivity index (χ0) is 10.3. The monoisotopic (exact) mass is 211 g/mol. The summed E-state index contributed by atoms with van der Waals surface area (Å²) in [4.78, 5) is 22.3. The minimum atomic E-state index is -2.45. The van der Waals surface area contributed by atoms with Crippen LogP contribution in [0.25, 0.3) is 0 Å². The number of allylic oxidation sites excluding steroid dienone is 1. The summed E-state index contributed by atoms with van der Waals surface area (Å²) in [6, 6.07) is 0. The van der Waals surface area contributed by atoms with Crippen LogP contribution in [0.5, 0.6) is 0 Å². The average molecular weight is 211 g/mol. The number of carbonyl (C=O) groups excluding carboxylic acids is 2. The van der Waals surface area contributed by atoms with E-state index in [2.05, 4.69) is 0 Å². The highest BCUT2D eigenvalue weighted by Crippen LogP contribution is 2.21. The lowest BCUT2D eigenvalue weighted by Crippen LogP contribution is -2.24. The van der Waals surface area contributed by atoms with Gasteiger partial charge in [-0.25, -0.2) is 0 Å². The first-order valence-corrected chi connectivity index (χ1v) is 4.90. The van der Waals surface area contributed by atoms with Gasteiger partial charge < -0.3 is 0 Å². The zero-order valence-corrected chi connectivity index (χ0v) is 7.72. The lowest BCUT2D eigenvalue weighted by atomic mass is 9.99. The first-order chi connectivity index (χ1) is 6.61. The van der Waals surface area contributed by atoms with Gasteiger partial charge in [-0.05, 0) is 0 Å². The van der Waals surface area contributed by atoms with Gasteiger partial charge in [0.2, 0.25) is 10.3 Å². The summed E-state index contributed by atoms with van der Waals surface area (Å²) in [5, 5.41) is 2.05. The Labute approximate surface area is 80.6 Å². The van der Waals surface area contributed by atoms with Crippen molar-refractivity contribution < 1.29 is 18.0 Å². The number of amides is 2. The van der Waals surface area contributed by atoms with Crippen LogP contribution < -0.4 is 5.32 Å². The summed E-state index contributed by atoms with van der Waals surface area (Å²) in [5.74, 6) is -1.17. The van der Waals surface area contributed by atoms with Crippen molar-refractivity contribution in [3.63, 3.8) is 0 Å². The maximum atomic E-state index is 11.2. The molecule has 5 nitrogen and oxygen atoms in total. The van der Waals surface area contributed by atoms with E-state index >= 15 is 0 Å². The number of imide groups is 1. The molecule has 0 saturated heterocycles. The maximum absolute atomic E-state index is 11.2. The molecule has 1 heterocycles. The van der Waals surface area contributed by atoms with Crippen molar-refractivity contribution >= 4 is 27.0 Å². The molecule has 0 saturated carbocycles. The summed E-state index contributed by atoms with van der Waals surface area (Å²) in [5.41, 5.74) is 0.131. The SMILES string of the molecule is O=C1NC(=O)C2=C1C=CCC2=S(=O)=O. The van der Waals surface area contributed by atoms with Crippen LogP contribution in [0.15, 0.2) is 23.3 Å². The molecule has 0 spiro atoms. The van der Waals surface area contributed by atoms with Crippen molar-refractivity contribution in [3.8, 4) is 0 Å². The molecule has 2 amide bonds. The first-order valence-electron chi connectivity index (χ1n) is 3.83. The maximum Gasteiger partial charge on any atom is 0.260 e. The highest BCUT2D eigenvalue weighted by molar-refractivity contribution is 7.73. The predicted octanol–water partition coefficient (Wildman–Crippen LogP) is -1.05. The van der Waals surface area contributed by atoms with E-state index in [1.807, 2.05) is 5.32 Å². The van der Waals surface area contributed by atoms with E-state index in [1.165, 1.54) is 6.08 Å². The van der Waals surface area contributed by atoms with Gasteiger partial charge in [0.25, 0.3) is 11.8 Å². The second kappa shape index (κ2) is 2.91. The fraction of sp³-hybridized carbons (Fsp3) is 0.125. The lowest BCUT2D eigenvalue weighted by molar-refractivity contribution is -0.123. The third-order valence-electron chi connectivity index (χ3n) is 2.04. The Kier molecular flexibility index (Phi) is 1.85. The molecule has 14 heavy (non-hydrogen) atoms. The van der Waals surface area contributed by atoms with Crippen molar-refractivity contribution in [2.45, 2.75) is 6.42 Å². The van der Waals surface area contributed by atoms with Gasteiger partial charge in [0.05, 0.1) is 16.0 Å². The van der Waals surface area contributed by atoms with E-state index in [1.54, 1.807) is 6.08 Å². The smallest absolute Gasteiger partial charge is 0.260 e. The van der Waals surface area contributed by atoms with E-state index < -0.39 is 22.1 Å². The van der Waals surface area contributed by atoms with Crippen LogP contribution >= 0.6 is 0 Å². The fourth-order valence-corrected chi connectivity index (χ4v) is 2.04. The minimum Gasteiger partial charge on any atom is -0.288 e. The van der Waals surface area contributed by atoms with E-state index in [9.17, 15) is 18.0 Å². The summed E-state index contributed by atoms with van der Waals surface area (Å²) < 4.78 is 21.5. The van der Waals surface area contributed by atoms with Gasteiger partial charge in [-0.15, -0.1) is 0 Å². The van der Waals surface area contributed by atoms with Gasteiger partial charge in [0, 0.05) is 6.42 Å². The van der Waals surface area contributed by atoms with Crippen molar-refractivity contribution in [2.75, 3.05) is 0 Å². The summed E-state index contributed by atoms with van der Waals surface area (Å²) in [6.07, 6.45) is 3.17. The zero-order valence-electron chi connectivity index (χ0n) is 6.90. The van der Waals surface area contributed by atoms with Crippen LogP contribution in [0.3, 0.4) is 0 Å². The second-order valence-corrected chi connectivity index (χ2v) is 3.80. The summed E-state index contributed by atoms with van der Waals surface area (Å²) in [6.45, 7) is 0. The number of carbonyl (C=O) groups is 2. The third-order valence-corrected chi connectivity index (χ3v) is 2.81. The van der Waals surface area contributed by atoms with E-state index in [4.69, 9.17) is 0 Å². The molecule has 2 rings (SSSR count). The standard InChI is InChI=1S/C8H5NO4S/c10-7-4-2-1-3-5(14(12)13)6(4)8(11)9-7/h1-2H,3H2,(H,9,10,11). The molecule has 0 unspecified atom stereocenters. The largest absolute Gasteiger partial charge is 0.288 e. The van der Waals surface area contributed by atoms with Crippen LogP contribution in [-0.4, -0.2) is 25.1 Å². The molecule has 72 valence electrons. The molecule has 0 aromatic rings. The van der Waals surface area contributed by atoms with E-state index in [-0.39, 0.29) is 22.4 Å². The van der Waals surface area contributed by atoms with Gasteiger partial charge in [-0.1, -0.05) is 12.2 Å². The molecular weight excluding hydrogens is 206 g/mol. The van der Waals surface area contributed by atoms with Gasteiger partial charge >= 0.3 is 0 Å². The summed E-state index contributed by atoms with van der Waals surface area (Å²) in [7, 11) is -2.45. The van der Waals surface area contributed by atoms with E-state index in [0.717, 1.165) is 0 Å². The molecule has 0 aromatic heterocycles. The normalized spacial score (nSPS) is 19.9. The Balaban J connectivity index is 2.74. The topological polar surface area (TPSA) is 80.3 Å². The number of hydrogen-bond acceptors (Lipinski definition) is 4. The Morgan fingerprint density at radius 2 is 1.93 bits per heavy atom. The van der Waals surface area contributed by atoms with Crippen LogP contribution in [0.1, 0.15) is 6.42 Å². The Bertz CT molecular complexity index is 528. The molecule has 1 aliphatic heterocycles. The lowest BCUT2D eigenvalue weighted by Gasteiger charge is -2.03. The average Bonchev–Trinajstić information content (AvgIpc) is 2.43. The molecule has 6 heteroatoms. The van der Waals surface area contributed by atoms with Crippen LogP contribution in [-0.2, 0) is 19.9 Å². The molecular formula is C8H5NO4S. The Morgan fingerprint density at radius 1 is 1.21 bits per heavy atom. The van der Waals surface area contributed by atoms with Crippen LogP contribution in [0.4, 0.5) is 0 Å². The quantitative estimate of drug-likeness (QED) is 0.409. The molecule has 0 radical (unpaired) electrons. The van der Waals surface area contributed by atoms with Crippen molar-refractivity contribution in [1.82, 2.24) is 5.32 Å². The Hall–Kier alpha value is -1.69. The molecule has 1 N–H and O–H groups in total. The predicted molar refractivity (Wildman–Crippen MR) is 47.9 cm³/mol. The second-order valence-electron chi connectivity index (χ2n) is 2.84. The van der Waals surface area contributed by atoms with Gasteiger partial charge in [0.15, 0.2) is 0 Å². The highest BCUT2D eigenvalue weighted by atomic mass is 32.2. The fourth-order valence-electron chi connectivity index (χ4n) is 1.44. The van der Waals surface area contributed by atoms with Crippen LogP contribution in [0, 0.1) is 0 Å².